The summed E-state index contributed by atoms with van der Waals surface area (Å²) in [5.74, 6) is 0.0779. The minimum atomic E-state index is -0.256. The molecule has 0 aliphatic heterocycles. The van der Waals surface area contributed by atoms with E-state index in [2.05, 4.69) is 0 Å². The molecular formula is C21H23FO3. The van der Waals surface area contributed by atoms with E-state index in [4.69, 9.17) is 9.47 Å². The summed E-state index contributed by atoms with van der Waals surface area (Å²) in [4.78, 5) is 12.3. The summed E-state index contributed by atoms with van der Waals surface area (Å²) in [5.41, 5.74) is 1.88. The van der Waals surface area contributed by atoms with Gasteiger partial charge in [0.15, 0.2) is 0 Å². The first-order chi connectivity index (χ1) is 12.2. The molecular weight excluding hydrogens is 319 g/mol. The van der Waals surface area contributed by atoms with Gasteiger partial charge in [-0.2, -0.15) is 0 Å². The summed E-state index contributed by atoms with van der Waals surface area (Å²) in [6.07, 6.45) is 3.74. The fourth-order valence-corrected chi connectivity index (χ4v) is 3.26. The Morgan fingerprint density at radius 1 is 0.960 bits per heavy atom. The molecule has 0 unspecified atom stereocenters. The van der Waals surface area contributed by atoms with Crippen LogP contribution in [0.4, 0.5) is 4.39 Å². The maximum atomic E-state index is 13.0. The number of rotatable bonds is 5. The maximum absolute atomic E-state index is 13.0. The van der Waals surface area contributed by atoms with Crippen molar-refractivity contribution in [2.24, 2.45) is 5.92 Å². The zero-order valence-corrected chi connectivity index (χ0v) is 14.4. The number of carbonyl (C=O) groups excluding carboxylic acids is 1. The van der Waals surface area contributed by atoms with E-state index in [-0.39, 0.29) is 23.8 Å². The third kappa shape index (κ3) is 4.67. The SMILES string of the molecule is CCO[C@H]1CC[C@H](C(=O)Oc2ccc(-c3ccc(F)cc3)cc2)CC1. The van der Waals surface area contributed by atoms with Crippen molar-refractivity contribution < 1.29 is 18.7 Å². The summed E-state index contributed by atoms with van der Waals surface area (Å²) in [6, 6.07) is 13.6. The molecule has 0 saturated heterocycles. The zero-order valence-electron chi connectivity index (χ0n) is 14.4. The molecule has 2 aromatic carbocycles. The second kappa shape index (κ2) is 8.26. The molecule has 4 heteroatoms. The van der Waals surface area contributed by atoms with Crippen LogP contribution in [0, 0.1) is 11.7 Å². The standard InChI is InChI=1S/C21H23FO3/c1-2-24-19-11-7-17(8-12-19)21(23)25-20-13-5-16(6-14-20)15-3-9-18(22)10-4-15/h3-6,9-10,13-14,17,19H,2,7-8,11-12H2,1H3/t17-,19-. The highest BCUT2D eigenvalue weighted by atomic mass is 19.1. The molecule has 3 nitrogen and oxygen atoms in total. The van der Waals surface area contributed by atoms with Gasteiger partial charge >= 0.3 is 5.97 Å². The maximum Gasteiger partial charge on any atom is 0.314 e. The van der Waals surface area contributed by atoms with Gasteiger partial charge in [0.2, 0.25) is 0 Å². The Hall–Kier alpha value is -2.20. The highest BCUT2D eigenvalue weighted by Gasteiger charge is 2.27. The van der Waals surface area contributed by atoms with Crippen molar-refractivity contribution in [2.45, 2.75) is 38.7 Å². The molecule has 0 N–H and O–H groups in total. The van der Waals surface area contributed by atoms with E-state index < -0.39 is 0 Å². The van der Waals surface area contributed by atoms with Crippen molar-refractivity contribution in [1.82, 2.24) is 0 Å². The smallest absolute Gasteiger partial charge is 0.314 e. The third-order valence-electron chi connectivity index (χ3n) is 4.66. The van der Waals surface area contributed by atoms with Crippen molar-refractivity contribution in [3.63, 3.8) is 0 Å². The normalized spacial score (nSPS) is 20.2. The predicted octanol–water partition coefficient (Wildman–Crippen LogP) is 4.99. The van der Waals surface area contributed by atoms with Crippen LogP contribution in [0.2, 0.25) is 0 Å². The molecule has 0 amide bonds. The van der Waals surface area contributed by atoms with Gasteiger partial charge in [-0.3, -0.25) is 4.79 Å². The van der Waals surface area contributed by atoms with Crippen LogP contribution in [0.5, 0.6) is 5.75 Å². The molecule has 0 radical (unpaired) electrons. The summed E-state index contributed by atoms with van der Waals surface area (Å²) in [6.45, 7) is 2.72. The van der Waals surface area contributed by atoms with Crippen LogP contribution in [0.1, 0.15) is 32.6 Å². The first-order valence-electron chi connectivity index (χ1n) is 8.85. The van der Waals surface area contributed by atoms with E-state index in [0.29, 0.717) is 5.75 Å². The quantitative estimate of drug-likeness (QED) is 0.567. The molecule has 132 valence electrons. The second-order valence-corrected chi connectivity index (χ2v) is 6.38. The fourth-order valence-electron chi connectivity index (χ4n) is 3.26. The number of hydrogen-bond acceptors (Lipinski definition) is 3. The van der Waals surface area contributed by atoms with E-state index in [1.165, 1.54) is 12.1 Å². The van der Waals surface area contributed by atoms with Gasteiger partial charge in [0.05, 0.1) is 12.0 Å². The molecule has 0 atom stereocenters. The Balaban J connectivity index is 1.56. The molecule has 1 saturated carbocycles. The summed E-state index contributed by atoms with van der Waals surface area (Å²) in [5, 5.41) is 0. The minimum absolute atomic E-state index is 0.0477. The monoisotopic (exact) mass is 342 g/mol. The van der Waals surface area contributed by atoms with Gasteiger partial charge in [-0.25, -0.2) is 4.39 Å². The zero-order chi connectivity index (χ0) is 17.6. The van der Waals surface area contributed by atoms with Crippen LogP contribution >= 0.6 is 0 Å². The summed E-state index contributed by atoms with van der Waals surface area (Å²) < 4.78 is 24.1. The Labute approximate surface area is 147 Å². The molecule has 1 aliphatic rings. The number of benzene rings is 2. The fraction of sp³-hybridized carbons (Fsp3) is 0.381. The Kier molecular flexibility index (Phi) is 5.82. The average molecular weight is 342 g/mol. The van der Waals surface area contributed by atoms with E-state index in [1.807, 2.05) is 19.1 Å². The van der Waals surface area contributed by atoms with Crippen molar-refractivity contribution in [1.29, 1.82) is 0 Å². The third-order valence-corrected chi connectivity index (χ3v) is 4.66. The molecule has 2 aromatic rings. The number of carbonyl (C=O) groups is 1. The van der Waals surface area contributed by atoms with Crippen molar-refractivity contribution in [3.8, 4) is 16.9 Å². The Morgan fingerprint density at radius 3 is 2.08 bits per heavy atom. The second-order valence-electron chi connectivity index (χ2n) is 6.38. The predicted molar refractivity (Wildman–Crippen MR) is 94.8 cm³/mol. The summed E-state index contributed by atoms with van der Waals surface area (Å²) >= 11 is 0. The van der Waals surface area contributed by atoms with Gasteiger partial charge in [0, 0.05) is 6.61 Å². The van der Waals surface area contributed by atoms with Crippen molar-refractivity contribution in [2.75, 3.05) is 6.61 Å². The van der Waals surface area contributed by atoms with Crippen molar-refractivity contribution >= 4 is 5.97 Å². The first-order valence-corrected chi connectivity index (χ1v) is 8.85. The number of ether oxygens (including phenoxy) is 2. The van der Waals surface area contributed by atoms with Gasteiger partial charge in [0.1, 0.15) is 11.6 Å². The lowest BCUT2D eigenvalue weighted by Crippen LogP contribution is -2.28. The minimum Gasteiger partial charge on any atom is -0.426 e. The van der Waals surface area contributed by atoms with Crippen LogP contribution < -0.4 is 4.74 Å². The van der Waals surface area contributed by atoms with E-state index in [9.17, 15) is 9.18 Å². The molecule has 0 spiro atoms. The van der Waals surface area contributed by atoms with E-state index in [0.717, 1.165) is 43.4 Å². The lowest BCUT2D eigenvalue weighted by molar-refractivity contribution is -0.141. The molecule has 25 heavy (non-hydrogen) atoms. The number of halogens is 1. The van der Waals surface area contributed by atoms with Crippen LogP contribution in [-0.2, 0) is 9.53 Å². The number of hydrogen-bond donors (Lipinski definition) is 0. The van der Waals surface area contributed by atoms with Crippen LogP contribution in [0.25, 0.3) is 11.1 Å². The average Bonchev–Trinajstić information content (AvgIpc) is 2.64. The Morgan fingerprint density at radius 2 is 1.52 bits per heavy atom. The topological polar surface area (TPSA) is 35.5 Å². The largest absolute Gasteiger partial charge is 0.426 e. The molecule has 0 aromatic heterocycles. The van der Waals surface area contributed by atoms with Crippen molar-refractivity contribution in [3.05, 3.63) is 54.3 Å². The van der Waals surface area contributed by atoms with Gasteiger partial charge in [-0.1, -0.05) is 24.3 Å². The molecule has 3 rings (SSSR count). The Bertz CT molecular complexity index is 686. The van der Waals surface area contributed by atoms with E-state index in [1.54, 1.807) is 24.3 Å². The van der Waals surface area contributed by atoms with Gasteiger partial charge < -0.3 is 9.47 Å². The number of esters is 1. The van der Waals surface area contributed by atoms with Crippen LogP contribution in [-0.4, -0.2) is 18.7 Å². The molecule has 1 aliphatic carbocycles. The van der Waals surface area contributed by atoms with Crippen LogP contribution in [0.3, 0.4) is 0 Å². The highest BCUT2D eigenvalue weighted by molar-refractivity contribution is 5.75. The highest BCUT2D eigenvalue weighted by Crippen LogP contribution is 2.28. The molecule has 0 heterocycles. The lowest BCUT2D eigenvalue weighted by Gasteiger charge is -2.26. The van der Waals surface area contributed by atoms with Gasteiger partial charge in [-0.05, 0) is 68.0 Å². The molecule has 1 fully saturated rings. The van der Waals surface area contributed by atoms with Crippen LogP contribution in [0.15, 0.2) is 48.5 Å². The lowest BCUT2D eigenvalue weighted by atomic mass is 9.87. The molecule has 0 bridgehead atoms. The van der Waals surface area contributed by atoms with Gasteiger partial charge in [0.25, 0.3) is 0 Å². The summed E-state index contributed by atoms with van der Waals surface area (Å²) in [7, 11) is 0. The first kappa shape index (κ1) is 17.6. The van der Waals surface area contributed by atoms with E-state index >= 15 is 0 Å². The van der Waals surface area contributed by atoms with Gasteiger partial charge in [-0.15, -0.1) is 0 Å².